The summed E-state index contributed by atoms with van der Waals surface area (Å²) < 4.78 is 11.5. The molecule has 0 saturated carbocycles. The Morgan fingerprint density at radius 3 is 2.72 bits per heavy atom. The average Bonchev–Trinajstić information content (AvgIpc) is 2.36. The van der Waals surface area contributed by atoms with Crippen LogP contribution in [-0.4, -0.2) is 43.4 Å². The molecule has 3 nitrogen and oxygen atoms in total. The fourth-order valence-electron chi connectivity index (χ4n) is 1.35. The van der Waals surface area contributed by atoms with Gasteiger partial charge in [-0.1, -0.05) is 12.1 Å². The third-order valence-corrected chi connectivity index (χ3v) is 4.41. The second-order valence-electron chi connectivity index (χ2n) is 3.99. The van der Waals surface area contributed by atoms with Crippen LogP contribution in [-0.2, 0) is 9.47 Å². The molecule has 0 radical (unpaired) electrons. The Labute approximate surface area is 121 Å². The molecule has 1 aromatic rings. The van der Waals surface area contributed by atoms with Crippen LogP contribution in [0.2, 0.25) is 0 Å². The predicted octanol–water partition coefficient (Wildman–Crippen LogP) is 2.95. The molecular weight excluding hydrogens is 316 g/mol. The van der Waals surface area contributed by atoms with E-state index in [-0.39, 0.29) is 6.10 Å². The van der Waals surface area contributed by atoms with Crippen molar-refractivity contribution in [3.05, 3.63) is 28.7 Å². The molecule has 0 aliphatic heterocycles. The van der Waals surface area contributed by atoms with Gasteiger partial charge in [0.25, 0.3) is 0 Å². The van der Waals surface area contributed by atoms with Gasteiger partial charge >= 0.3 is 0 Å². The summed E-state index contributed by atoms with van der Waals surface area (Å²) in [6.07, 6.45) is -0.459. The van der Waals surface area contributed by atoms with Crippen LogP contribution in [0.4, 0.5) is 0 Å². The van der Waals surface area contributed by atoms with Crippen molar-refractivity contribution in [2.24, 2.45) is 0 Å². The highest BCUT2D eigenvalue weighted by molar-refractivity contribution is 9.10. The van der Waals surface area contributed by atoms with E-state index < -0.39 is 6.10 Å². The molecule has 0 fully saturated rings. The van der Waals surface area contributed by atoms with Crippen molar-refractivity contribution in [2.45, 2.75) is 24.0 Å². The predicted molar refractivity (Wildman–Crippen MR) is 78.2 cm³/mol. The summed E-state index contributed by atoms with van der Waals surface area (Å²) >= 11 is 5.09. The maximum atomic E-state index is 9.82. The van der Waals surface area contributed by atoms with E-state index >= 15 is 0 Å². The van der Waals surface area contributed by atoms with Crippen LogP contribution in [0.25, 0.3) is 0 Å². The first-order chi connectivity index (χ1) is 8.63. The van der Waals surface area contributed by atoms with Crippen LogP contribution in [0.1, 0.15) is 6.92 Å². The molecule has 0 spiro atoms. The number of benzene rings is 1. The van der Waals surface area contributed by atoms with E-state index in [2.05, 4.69) is 15.9 Å². The molecule has 2 atom stereocenters. The average molecular weight is 335 g/mol. The fraction of sp³-hybridized carbons (Fsp3) is 0.538. The summed E-state index contributed by atoms with van der Waals surface area (Å²) in [5.41, 5.74) is 0. The first-order valence-electron chi connectivity index (χ1n) is 5.79. The zero-order valence-electron chi connectivity index (χ0n) is 10.6. The van der Waals surface area contributed by atoms with Gasteiger partial charge in [-0.05, 0) is 35.0 Å². The lowest BCUT2D eigenvalue weighted by Crippen LogP contribution is -2.24. The molecule has 1 rings (SSSR count). The molecular formula is C13H19BrO3S. The summed E-state index contributed by atoms with van der Waals surface area (Å²) in [6.45, 7) is 2.81. The lowest BCUT2D eigenvalue weighted by molar-refractivity contribution is -0.0257. The zero-order chi connectivity index (χ0) is 13.4. The maximum Gasteiger partial charge on any atom is 0.0867 e. The molecule has 0 heterocycles. The Bertz CT molecular complexity index is 349. The third kappa shape index (κ3) is 6.20. The monoisotopic (exact) mass is 334 g/mol. The highest BCUT2D eigenvalue weighted by Gasteiger charge is 2.09. The summed E-state index contributed by atoms with van der Waals surface area (Å²) in [5.74, 6) is 0.613. The van der Waals surface area contributed by atoms with Crippen LogP contribution in [0.15, 0.2) is 33.6 Å². The first kappa shape index (κ1) is 16.0. The SMILES string of the molecule is COCC(C)OCC(O)CSc1ccccc1Br. The summed E-state index contributed by atoms with van der Waals surface area (Å²) in [7, 11) is 1.64. The van der Waals surface area contributed by atoms with E-state index in [4.69, 9.17) is 9.47 Å². The van der Waals surface area contributed by atoms with Crippen molar-refractivity contribution in [3.8, 4) is 0 Å². The quantitative estimate of drug-likeness (QED) is 0.742. The third-order valence-electron chi connectivity index (χ3n) is 2.24. The number of methoxy groups -OCH3 is 1. The lowest BCUT2D eigenvalue weighted by atomic mass is 10.4. The van der Waals surface area contributed by atoms with Crippen LogP contribution in [0.5, 0.6) is 0 Å². The number of hydrogen-bond donors (Lipinski definition) is 1. The van der Waals surface area contributed by atoms with Crippen LogP contribution >= 0.6 is 27.7 Å². The van der Waals surface area contributed by atoms with Crippen molar-refractivity contribution >= 4 is 27.7 Å². The minimum atomic E-state index is -0.471. The van der Waals surface area contributed by atoms with Crippen LogP contribution in [0.3, 0.4) is 0 Å². The van der Waals surface area contributed by atoms with Gasteiger partial charge in [0.05, 0.1) is 25.4 Å². The number of aliphatic hydroxyl groups excluding tert-OH is 1. The minimum absolute atomic E-state index is 0.0121. The van der Waals surface area contributed by atoms with Crippen molar-refractivity contribution in [1.82, 2.24) is 0 Å². The molecule has 1 aromatic carbocycles. The Balaban J connectivity index is 2.25. The molecule has 0 bridgehead atoms. The van der Waals surface area contributed by atoms with Crippen molar-refractivity contribution in [2.75, 3.05) is 26.1 Å². The Kier molecular flexibility index (Phi) is 7.93. The van der Waals surface area contributed by atoms with Gasteiger partial charge in [0.2, 0.25) is 0 Å². The highest BCUT2D eigenvalue weighted by atomic mass is 79.9. The molecule has 0 saturated heterocycles. The zero-order valence-corrected chi connectivity index (χ0v) is 13.0. The molecule has 2 unspecified atom stereocenters. The van der Waals surface area contributed by atoms with E-state index in [1.54, 1.807) is 18.9 Å². The molecule has 0 aromatic heterocycles. The molecule has 0 aliphatic carbocycles. The number of halogens is 1. The van der Waals surface area contributed by atoms with Crippen molar-refractivity contribution in [3.63, 3.8) is 0 Å². The molecule has 102 valence electrons. The second-order valence-corrected chi connectivity index (χ2v) is 5.91. The maximum absolute atomic E-state index is 9.82. The van der Waals surface area contributed by atoms with Gasteiger partial charge in [-0.2, -0.15) is 0 Å². The van der Waals surface area contributed by atoms with E-state index in [0.717, 1.165) is 9.37 Å². The second kappa shape index (κ2) is 8.93. The molecule has 18 heavy (non-hydrogen) atoms. The Morgan fingerprint density at radius 2 is 2.06 bits per heavy atom. The van der Waals surface area contributed by atoms with Gasteiger partial charge < -0.3 is 14.6 Å². The van der Waals surface area contributed by atoms with Crippen molar-refractivity contribution in [1.29, 1.82) is 0 Å². The lowest BCUT2D eigenvalue weighted by Gasteiger charge is -2.15. The van der Waals surface area contributed by atoms with Gasteiger partial charge in [0.15, 0.2) is 0 Å². The van der Waals surface area contributed by atoms with E-state index in [9.17, 15) is 5.11 Å². The van der Waals surface area contributed by atoms with Gasteiger partial charge in [-0.15, -0.1) is 11.8 Å². The Hall–Kier alpha value is -0.0700. The van der Waals surface area contributed by atoms with E-state index in [1.807, 2.05) is 31.2 Å². The van der Waals surface area contributed by atoms with E-state index in [1.165, 1.54) is 0 Å². The summed E-state index contributed by atoms with van der Waals surface area (Å²) in [4.78, 5) is 1.13. The van der Waals surface area contributed by atoms with Crippen molar-refractivity contribution < 1.29 is 14.6 Å². The molecule has 0 amide bonds. The number of thioether (sulfide) groups is 1. The number of aliphatic hydroxyl groups is 1. The van der Waals surface area contributed by atoms with Gasteiger partial charge in [-0.3, -0.25) is 0 Å². The van der Waals surface area contributed by atoms with Gasteiger partial charge in [0, 0.05) is 22.2 Å². The first-order valence-corrected chi connectivity index (χ1v) is 7.57. The largest absolute Gasteiger partial charge is 0.390 e. The number of hydrogen-bond acceptors (Lipinski definition) is 4. The van der Waals surface area contributed by atoms with Crippen LogP contribution in [0, 0.1) is 0 Å². The Morgan fingerprint density at radius 1 is 1.33 bits per heavy atom. The van der Waals surface area contributed by atoms with Crippen LogP contribution < -0.4 is 0 Å². The minimum Gasteiger partial charge on any atom is -0.390 e. The fourth-order valence-corrected chi connectivity index (χ4v) is 2.83. The summed E-state index contributed by atoms with van der Waals surface area (Å²) in [6, 6.07) is 7.97. The topological polar surface area (TPSA) is 38.7 Å². The molecule has 5 heteroatoms. The van der Waals surface area contributed by atoms with E-state index in [0.29, 0.717) is 19.0 Å². The highest BCUT2D eigenvalue weighted by Crippen LogP contribution is 2.27. The smallest absolute Gasteiger partial charge is 0.0867 e. The molecule has 0 aliphatic rings. The number of rotatable bonds is 8. The standard InChI is InChI=1S/C13H19BrO3S/c1-10(7-16-2)17-8-11(15)9-18-13-6-4-3-5-12(13)14/h3-6,10-11,15H,7-9H2,1-2H3. The molecule has 1 N–H and O–H groups in total. The van der Waals surface area contributed by atoms with Gasteiger partial charge in [0.1, 0.15) is 0 Å². The number of ether oxygens (including phenoxy) is 2. The summed E-state index contributed by atoms with van der Waals surface area (Å²) in [5, 5.41) is 9.82. The normalized spacial score (nSPS) is 14.4. The van der Waals surface area contributed by atoms with Gasteiger partial charge in [-0.25, -0.2) is 0 Å².